The highest BCUT2D eigenvalue weighted by molar-refractivity contribution is 7.47. The van der Waals surface area contributed by atoms with E-state index in [1.165, 1.54) is 33.6 Å². The van der Waals surface area contributed by atoms with Gasteiger partial charge in [-0.15, -0.1) is 0 Å². The van der Waals surface area contributed by atoms with Gasteiger partial charge in [-0.3, -0.25) is 9.05 Å². The molecule has 0 aliphatic carbocycles. The lowest BCUT2D eigenvalue weighted by Gasteiger charge is -2.35. The van der Waals surface area contributed by atoms with Crippen LogP contribution in [0.1, 0.15) is 66.2 Å². The molecule has 0 bridgehead atoms. The van der Waals surface area contributed by atoms with Crippen molar-refractivity contribution in [3.63, 3.8) is 0 Å². The third kappa shape index (κ3) is 8.29. The Morgan fingerprint density at radius 1 is 1.05 bits per heavy atom. The molecule has 3 unspecified atom stereocenters. The van der Waals surface area contributed by atoms with Gasteiger partial charge >= 0.3 is 7.82 Å². The first-order valence-corrected chi connectivity index (χ1v) is 9.19. The van der Waals surface area contributed by atoms with Crippen LogP contribution in [0, 0.1) is 0 Å². The summed E-state index contributed by atoms with van der Waals surface area (Å²) in [6.45, 7) is 6.42. The molecule has 0 saturated heterocycles. The molecule has 0 aliphatic rings. The van der Waals surface area contributed by atoms with Crippen LogP contribution in [-0.2, 0) is 13.6 Å². The Kier molecular flexibility index (Phi) is 9.94. The minimum atomic E-state index is -4.30. The van der Waals surface area contributed by atoms with Crippen molar-refractivity contribution >= 4 is 7.82 Å². The van der Waals surface area contributed by atoms with Gasteiger partial charge < -0.3 is 15.1 Å². The summed E-state index contributed by atoms with van der Waals surface area (Å²) >= 11 is 0. The predicted molar refractivity (Wildman–Crippen MR) is 82.0 cm³/mol. The zero-order valence-corrected chi connectivity index (χ0v) is 14.5. The third-order valence-corrected chi connectivity index (χ3v) is 4.86. The first-order chi connectivity index (χ1) is 9.65. The van der Waals surface area contributed by atoms with Crippen LogP contribution in [0.5, 0.6) is 0 Å². The standard InChI is InChI=1S/C14H31O6P/c1-5-6-7-8-9-10-11-19-21(17,18)20-14(4,12(2)15)13(3)16/h12-13,15-16H,5-11H2,1-4H3,(H,17,18). The number of hydrogen-bond donors (Lipinski definition) is 3. The molecule has 3 N–H and O–H groups in total. The van der Waals surface area contributed by atoms with E-state index in [0.717, 1.165) is 19.3 Å². The predicted octanol–water partition coefficient (Wildman–Crippen LogP) is 3.00. The Bertz CT molecular complexity index is 311. The summed E-state index contributed by atoms with van der Waals surface area (Å²) in [5.74, 6) is 0. The lowest BCUT2D eigenvalue weighted by molar-refractivity contribution is -0.117. The minimum Gasteiger partial charge on any atom is -0.390 e. The monoisotopic (exact) mass is 326 g/mol. The fourth-order valence-electron chi connectivity index (χ4n) is 1.84. The van der Waals surface area contributed by atoms with Gasteiger partial charge in [0.25, 0.3) is 0 Å². The molecule has 3 atom stereocenters. The maximum atomic E-state index is 11.9. The van der Waals surface area contributed by atoms with E-state index in [4.69, 9.17) is 9.05 Å². The fourth-order valence-corrected chi connectivity index (χ4v) is 3.05. The maximum absolute atomic E-state index is 11.9. The highest BCUT2D eigenvalue weighted by Gasteiger charge is 2.43. The van der Waals surface area contributed by atoms with Gasteiger partial charge in [-0.1, -0.05) is 39.0 Å². The molecule has 6 nitrogen and oxygen atoms in total. The summed E-state index contributed by atoms with van der Waals surface area (Å²) in [6, 6.07) is 0. The molecule has 0 aromatic rings. The largest absolute Gasteiger partial charge is 0.472 e. The first kappa shape index (κ1) is 21.0. The molecule has 0 rings (SSSR count). The van der Waals surface area contributed by atoms with E-state index in [1.807, 2.05) is 0 Å². The van der Waals surface area contributed by atoms with Crippen molar-refractivity contribution in [3.8, 4) is 0 Å². The lowest BCUT2D eigenvalue weighted by Crippen LogP contribution is -2.48. The number of aliphatic hydroxyl groups excluding tert-OH is 2. The maximum Gasteiger partial charge on any atom is 0.472 e. The molecule has 0 amide bonds. The summed E-state index contributed by atoms with van der Waals surface area (Å²) < 4.78 is 21.7. The van der Waals surface area contributed by atoms with E-state index in [9.17, 15) is 19.7 Å². The number of phosphoric acid groups is 1. The normalized spacial score (nSPS) is 20.5. The van der Waals surface area contributed by atoms with Crippen LogP contribution < -0.4 is 0 Å². The van der Waals surface area contributed by atoms with Crippen LogP contribution >= 0.6 is 7.82 Å². The quantitative estimate of drug-likeness (QED) is 0.377. The van der Waals surface area contributed by atoms with E-state index in [0.29, 0.717) is 6.42 Å². The van der Waals surface area contributed by atoms with Crippen molar-refractivity contribution in [1.29, 1.82) is 0 Å². The van der Waals surface area contributed by atoms with Crippen molar-refractivity contribution in [2.45, 2.75) is 84.0 Å². The number of unbranched alkanes of at least 4 members (excludes halogenated alkanes) is 5. The average molecular weight is 326 g/mol. The van der Waals surface area contributed by atoms with Crippen LogP contribution in [0.15, 0.2) is 0 Å². The van der Waals surface area contributed by atoms with Gasteiger partial charge in [0, 0.05) is 0 Å². The summed E-state index contributed by atoms with van der Waals surface area (Å²) in [5, 5.41) is 19.2. The van der Waals surface area contributed by atoms with Crippen LogP contribution in [0.2, 0.25) is 0 Å². The Morgan fingerprint density at radius 3 is 2.00 bits per heavy atom. The number of aliphatic hydroxyl groups is 2. The lowest BCUT2D eigenvalue weighted by atomic mass is 9.95. The second-order valence-corrected chi connectivity index (χ2v) is 7.07. The van der Waals surface area contributed by atoms with Crippen LogP contribution in [0.3, 0.4) is 0 Å². The van der Waals surface area contributed by atoms with Gasteiger partial charge in [0.15, 0.2) is 0 Å². The Hall–Kier alpha value is 0.0300. The van der Waals surface area contributed by atoms with Gasteiger partial charge in [0.2, 0.25) is 0 Å². The van der Waals surface area contributed by atoms with E-state index >= 15 is 0 Å². The van der Waals surface area contributed by atoms with Crippen molar-refractivity contribution < 1.29 is 28.7 Å². The number of hydrogen-bond acceptors (Lipinski definition) is 5. The molecule has 0 aliphatic heterocycles. The molecule has 0 heterocycles. The Balaban J connectivity index is 4.16. The average Bonchev–Trinajstić information content (AvgIpc) is 2.36. The van der Waals surface area contributed by atoms with Crippen molar-refractivity contribution in [1.82, 2.24) is 0 Å². The van der Waals surface area contributed by atoms with Gasteiger partial charge in [-0.25, -0.2) is 4.57 Å². The first-order valence-electron chi connectivity index (χ1n) is 7.70. The van der Waals surface area contributed by atoms with Gasteiger partial charge in [0.05, 0.1) is 18.8 Å². The molecule has 0 aromatic heterocycles. The van der Waals surface area contributed by atoms with Gasteiger partial charge in [-0.2, -0.15) is 0 Å². The van der Waals surface area contributed by atoms with E-state index in [1.54, 1.807) is 0 Å². The Morgan fingerprint density at radius 2 is 1.52 bits per heavy atom. The summed E-state index contributed by atoms with van der Waals surface area (Å²) in [5.41, 5.74) is -1.55. The molecule has 0 radical (unpaired) electrons. The van der Waals surface area contributed by atoms with E-state index < -0.39 is 25.6 Å². The molecule has 0 spiro atoms. The smallest absolute Gasteiger partial charge is 0.390 e. The molecule has 0 saturated carbocycles. The highest BCUT2D eigenvalue weighted by Crippen LogP contribution is 2.49. The summed E-state index contributed by atoms with van der Waals surface area (Å²) in [4.78, 5) is 9.68. The fraction of sp³-hybridized carbons (Fsp3) is 1.00. The van der Waals surface area contributed by atoms with Gasteiger partial charge in [-0.05, 0) is 27.2 Å². The Labute approximate surface area is 128 Å². The molecular weight excluding hydrogens is 295 g/mol. The number of rotatable bonds is 12. The summed E-state index contributed by atoms with van der Waals surface area (Å²) in [7, 11) is -4.30. The van der Waals surface area contributed by atoms with Crippen LogP contribution in [-0.4, -0.2) is 39.5 Å². The second kappa shape index (κ2) is 9.93. The van der Waals surface area contributed by atoms with Crippen molar-refractivity contribution in [2.24, 2.45) is 0 Å². The summed E-state index contributed by atoms with van der Waals surface area (Å²) in [6.07, 6.45) is 3.99. The van der Waals surface area contributed by atoms with E-state index in [2.05, 4.69) is 6.92 Å². The second-order valence-electron chi connectivity index (χ2n) is 5.70. The zero-order chi connectivity index (χ0) is 16.5. The van der Waals surface area contributed by atoms with Crippen molar-refractivity contribution in [3.05, 3.63) is 0 Å². The molecule has 128 valence electrons. The highest BCUT2D eigenvalue weighted by atomic mass is 31.2. The third-order valence-electron chi connectivity index (χ3n) is 3.72. The van der Waals surface area contributed by atoms with Gasteiger partial charge in [0.1, 0.15) is 5.60 Å². The molecule has 21 heavy (non-hydrogen) atoms. The molecule has 7 heteroatoms. The van der Waals surface area contributed by atoms with E-state index in [-0.39, 0.29) is 6.61 Å². The van der Waals surface area contributed by atoms with Crippen LogP contribution in [0.4, 0.5) is 0 Å². The zero-order valence-electron chi connectivity index (χ0n) is 13.6. The number of phosphoric ester groups is 1. The van der Waals surface area contributed by atoms with Crippen molar-refractivity contribution in [2.75, 3.05) is 6.61 Å². The molecule has 0 fully saturated rings. The topological polar surface area (TPSA) is 96.2 Å². The van der Waals surface area contributed by atoms with Crippen LogP contribution in [0.25, 0.3) is 0 Å². The molecular formula is C14H31O6P. The SMILES string of the molecule is CCCCCCCCOP(=O)(O)OC(C)(C(C)O)C(C)O. The molecule has 0 aromatic carbocycles. The minimum absolute atomic E-state index is 0.121.